The van der Waals surface area contributed by atoms with Crippen LogP contribution in [0.25, 0.3) is 84.1 Å². The Morgan fingerprint density at radius 3 is 1.13 bits per heavy atom. The molecule has 0 aliphatic rings. The highest BCUT2D eigenvalue weighted by Gasteiger charge is 2.27. The Balaban J connectivity index is 1.02. The smallest absolute Gasteiger partial charge is 0.0620 e. The molecule has 2 aromatic heterocycles. The van der Waals surface area contributed by atoms with Crippen LogP contribution < -0.4 is 9.80 Å². The van der Waals surface area contributed by atoms with Gasteiger partial charge in [0.2, 0.25) is 0 Å². The molecule has 0 aliphatic heterocycles. The maximum atomic E-state index is 2.49. The van der Waals surface area contributed by atoms with Crippen LogP contribution in [-0.2, 0) is 5.41 Å². The molecule has 0 saturated carbocycles. The molecule has 2 nitrogen and oxygen atoms in total. The molecule has 0 N–H and O–H groups in total. The Bertz CT molecular complexity index is 4090. The Hall–Kier alpha value is -8.02. The Kier molecular flexibility index (Phi) is 10.2. The zero-order chi connectivity index (χ0) is 46.9. The topological polar surface area (TPSA) is 6.48 Å². The number of anilines is 6. The standard InChI is InChI=1S/C66H48N2S2/c1-66(2,3)45-36-41-56-59(42-45)63(68(47-20-8-5-9-21-47)49-39-34-44(35-40-49)51-27-17-29-58-53-23-13-15-31-61(53)70-65(51)58)55-25-11-10-24-54(55)62(56)67(46-18-6-4-7-19-46)48-37-32-43(33-38-48)50-26-16-28-57-52-22-12-14-30-60(52)69-64(50)57/h4-42H,1-3H3. The Labute approximate surface area is 416 Å². The highest BCUT2D eigenvalue weighted by Crippen LogP contribution is 2.52. The number of hydrogen-bond donors (Lipinski definition) is 0. The van der Waals surface area contributed by atoms with E-state index in [1.54, 1.807) is 0 Å². The van der Waals surface area contributed by atoms with Gasteiger partial charge in [0, 0.05) is 84.6 Å². The number of benzene rings is 11. The lowest BCUT2D eigenvalue weighted by Crippen LogP contribution is -2.16. The van der Waals surface area contributed by atoms with E-state index in [-0.39, 0.29) is 5.41 Å². The molecule has 0 aliphatic carbocycles. The second-order valence-electron chi connectivity index (χ2n) is 19.2. The lowest BCUT2D eigenvalue weighted by Gasteiger charge is -2.33. The van der Waals surface area contributed by atoms with Gasteiger partial charge in [0.1, 0.15) is 0 Å². The fourth-order valence-corrected chi connectivity index (χ4v) is 13.1. The molecule has 334 valence electrons. The lowest BCUT2D eigenvalue weighted by atomic mass is 9.84. The maximum Gasteiger partial charge on any atom is 0.0620 e. The first-order chi connectivity index (χ1) is 34.4. The summed E-state index contributed by atoms with van der Waals surface area (Å²) < 4.78 is 5.28. The van der Waals surface area contributed by atoms with E-state index in [4.69, 9.17) is 0 Å². The molecule has 0 radical (unpaired) electrons. The summed E-state index contributed by atoms with van der Waals surface area (Å²) >= 11 is 3.76. The van der Waals surface area contributed by atoms with E-state index in [0.29, 0.717) is 0 Å². The molecule has 70 heavy (non-hydrogen) atoms. The fourth-order valence-electron chi connectivity index (χ4n) is 10.6. The summed E-state index contributed by atoms with van der Waals surface area (Å²) in [6.07, 6.45) is 0. The van der Waals surface area contributed by atoms with E-state index in [9.17, 15) is 0 Å². The number of nitrogens with zero attached hydrogens (tertiary/aromatic N) is 2. The van der Waals surface area contributed by atoms with Gasteiger partial charge in [0.05, 0.1) is 11.4 Å². The van der Waals surface area contributed by atoms with Crippen molar-refractivity contribution in [2.75, 3.05) is 9.80 Å². The van der Waals surface area contributed by atoms with E-state index in [0.717, 1.165) is 34.1 Å². The second-order valence-corrected chi connectivity index (χ2v) is 21.4. The predicted octanol–water partition coefficient (Wildman–Crippen LogP) is 20.3. The van der Waals surface area contributed by atoms with Gasteiger partial charge in [-0.05, 0) is 100.0 Å². The molecule has 11 aromatic carbocycles. The van der Waals surface area contributed by atoms with E-state index in [2.05, 4.69) is 267 Å². The third kappa shape index (κ3) is 7.05. The molecule has 4 heteroatoms. The van der Waals surface area contributed by atoms with Crippen LogP contribution in [0.1, 0.15) is 26.3 Å². The van der Waals surface area contributed by atoms with Crippen molar-refractivity contribution in [1.29, 1.82) is 0 Å². The van der Waals surface area contributed by atoms with Crippen molar-refractivity contribution in [3.63, 3.8) is 0 Å². The highest BCUT2D eigenvalue weighted by molar-refractivity contribution is 7.26. The second kappa shape index (κ2) is 16.9. The van der Waals surface area contributed by atoms with Gasteiger partial charge in [-0.15, -0.1) is 22.7 Å². The van der Waals surface area contributed by atoms with Crippen LogP contribution in [0.3, 0.4) is 0 Å². The summed E-state index contributed by atoms with van der Waals surface area (Å²) in [6, 6.07) is 87.5. The minimum absolute atomic E-state index is 0.0870. The van der Waals surface area contributed by atoms with Crippen LogP contribution in [0.5, 0.6) is 0 Å². The number of thiophene rings is 2. The third-order valence-corrected chi connectivity index (χ3v) is 16.4. The number of hydrogen-bond acceptors (Lipinski definition) is 4. The van der Waals surface area contributed by atoms with E-state index in [1.807, 2.05) is 22.7 Å². The van der Waals surface area contributed by atoms with Crippen molar-refractivity contribution in [1.82, 2.24) is 0 Å². The van der Waals surface area contributed by atoms with Crippen LogP contribution in [0.2, 0.25) is 0 Å². The molecule has 0 saturated heterocycles. The quantitative estimate of drug-likeness (QED) is 0.111. The molecule has 0 atom stereocenters. The highest BCUT2D eigenvalue weighted by atomic mass is 32.1. The van der Waals surface area contributed by atoms with Crippen LogP contribution in [0, 0.1) is 0 Å². The van der Waals surface area contributed by atoms with E-state index >= 15 is 0 Å². The molecule has 0 bridgehead atoms. The van der Waals surface area contributed by atoms with Crippen LogP contribution in [-0.4, -0.2) is 0 Å². The van der Waals surface area contributed by atoms with Crippen molar-refractivity contribution in [3.05, 3.63) is 242 Å². The average molecular weight is 933 g/mol. The Morgan fingerprint density at radius 2 is 0.671 bits per heavy atom. The molecular weight excluding hydrogens is 885 g/mol. The molecule has 0 fully saturated rings. The van der Waals surface area contributed by atoms with Crippen molar-refractivity contribution >= 4 is 119 Å². The van der Waals surface area contributed by atoms with Gasteiger partial charge in [-0.25, -0.2) is 0 Å². The predicted molar refractivity (Wildman–Crippen MR) is 306 cm³/mol. The van der Waals surface area contributed by atoms with Crippen molar-refractivity contribution in [2.45, 2.75) is 26.2 Å². The molecule has 0 unspecified atom stereocenters. The zero-order valence-electron chi connectivity index (χ0n) is 39.2. The lowest BCUT2D eigenvalue weighted by molar-refractivity contribution is 0.591. The third-order valence-electron chi connectivity index (χ3n) is 14.0. The van der Waals surface area contributed by atoms with Crippen molar-refractivity contribution in [3.8, 4) is 22.3 Å². The SMILES string of the molecule is CC(C)(C)c1ccc2c(N(c3ccccc3)c3ccc(-c4cccc5c4sc4ccccc45)cc3)c3ccccc3c(N(c3ccccc3)c3ccc(-c4cccc5c4sc4ccccc45)cc3)c2c1. The zero-order valence-corrected chi connectivity index (χ0v) is 40.9. The van der Waals surface area contributed by atoms with Gasteiger partial charge < -0.3 is 9.80 Å². The van der Waals surface area contributed by atoms with Gasteiger partial charge >= 0.3 is 0 Å². The first-order valence-corrected chi connectivity index (χ1v) is 25.7. The monoisotopic (exact) mass is 932 g/mol. The summed E-state index contributed by atoms with van der Waals surface area (Å²) in [6.45, 7) is 6.95. The van der Waals surface area contributed by atoms with E-state index < -0.39 is 0 Å². The van der Waals surface area contributed by atoms with Crippen molar-refractivity contribution < 1.29 is 0 Å². The molecule has 13 rings (SSSR count). The van der Waals surface area contributed by atoms with Gasteiger partial charge in [-0.1, -0.05) is 191 Å². The van der Waals surface area contributed by atoms with Crippen molar-refractivity contribution in [2.24, 2.45) is 0 Å². The average Bonchev–Trinajstić information content (AvgIpc) is 3.99. The summed E-state index contributed by atoms with van der Waals surface area (Å²) in [7, 11) is 0. The van der Waals surface area contributed by atoms with Crippen LogP contribution in [0.4, 0.5) is 34.1 Å². The van der Waals surface area contributed by atoms with Crippen LogP contribution in [0.15, 0.2) is 237 Å². The summed E-state index contributed by atoms with van der Waals surface area (Å²) in [5.74, 6) is 0. The Morgan fingerprint density at radius 1 is 0.300 bits per heavy atom. The first kappa shape index (κ1) is 42.1. The molecule has 13 aromatic rings. The van der Waals surface area contributed by atoms with E-state index in [1.165, 1.54) is 89.7 Å². The summed E-state index contributed by atoms with van der Waals surface area (Å²) in [5.41, 5.74) is 12.9. The number of rotatable bonds is 8. The van der Waals surface area contributed by atoms with Gasteiger partial charge in [0.15, 0.2) is 0 Å². The summed E-state index contributed by atoms with van der Waals surface area (Å²) in [5, 5.41) is 9.97. The number of para-hydroxylation sites is 2. The molecule has 2 heterocycles. The largest absolute Gasteiger partial charge is 0.309 e. The fraction of sp³-hybridized carbons (Fsp3) is 0.0606. The normalized spacial score (nSPS) is 11.9. The summed E-state index contributed by atoms with van der Waals surface area (Å²) in [4.78, 5) is 4.96. The van der Waals surface area contributed by atoms with Gasteiger partial charge in [0.25, 0.3) is 0 Å². The first-order valence-electron chi connectivity index (χ1n) is 24.1. The van der Waals surface area contributed by atoms with Gasteiger partial charge in [-0.2, -0.15) is 0 Å². The minimum atomic E-state index is -0.0870. The number of fused-ring (bicyclic) bond motifs is 8. The molecular formula is C66H48N2S2. The molecule has 0 amide bonds. The molecule has 0 spiro atoms. The van der Waals surface area contributed by atoms with Crippen LogP contribution >= 0.6 is 22.7 Å². The maximum absolute atomic E-state index is 2.49. The minimum Gasteiger partial charge on any atom is -0.309 e. The van der Waals surface area contributed by atoms with Gasteiger partial charge in [-0.3, -0.25) is 0 Å².